The van der Waals surface area contributed by atoms with Crippen molar-refractivity contribution in [1.82, 2.24) is 14.9 Å². The van der Waals surface area contributed by atoms with E-state index < -0.39 is 10.0 Å². The van der Waals surface area contributed by atoms with Crippen LogP contribution < -0.4 is 10.5 Å². The van der Waals surface area contributed by atoms with Gasteiger partial charge in [-0.1, -0.05) is 11.2 Å². The molecule has 3 N–H and O–H groups in total. The minimum absolute atomic E-state index is 0.00327. The van der Waals surface area contributed by atoms with Gasteiger partial charge in [0.25, 0.3) is 0 Å². The Hall–Kier alpha value is -1.58. The van der Waals surface area contributed by atoms with E-state index in [9.17, 15) is 8.42 Å². The number of nitrogen functional groups attached to an aromatic ring is 1. The molecule has 0 aliphatic carbocycles. The number of aryl methyl sites for hydroxylation is 1. The van der Waals surface area contributed by atoms with Gasteiger partial charge in [0.1, 0.15) is 0 Å². The lowest BCUT2D eigenvalue weighted by molar-refractivity contribution is 0.387. The molecular formula is C12H16N4O3S2. The minimum Gasteiger partial charge on any atom is -0.399 e. The van der Waals surface area contributed by atoms with Crippen molar-refractivity contribution < 1.29 is 12.9 Å². The lowest BCUT2D eigenvalue weighted by Gasteiger charge is -2.05. The van der Waals surface area contributed by atoms with E-state index >= 15 is 0 Å². The molecule has 7 nitrogen and oxygen atoms in total. The highest BCUT2D eigenvalue weighted by atomic mass is 32.2. The number of nitrogens with two attached hydrogens (primary N) is 1. The molecule has 0 amide bonds. The largest absolute Gasteiger partial charge is 0.399 e. The fourth-order valence-electron chi connectivity index (χ4n) is 1.53. The molecule has 0 saturated heterocycles. The third kappa shape index (κ3) is 5.37. The topological polar surface area (TPSA) is 111 Å². The van der Waals surface area contributed by atoms with Crippen molar-refractivity contribution in [3.05, 3.63) is 36.0 Å². The van der Waals surface area contributed by atoms with Gasteiger partial charge in [0, 0.05) is 23.3 Å². The van der Waals surface area contributed by atoms with Crippen molar-refractivity contribution in [2.75, 3.05) is 17.2 Å². The lowest BCUT2D eigenvalue weighted by atomic mass is 10.3. The van der Waals surface area contributed by atoms with Crippen molar-refractivity contribution >= 4 is 27.5 Å². The zero-order valence-electron chi connectivity index (χ0n) is 11.4. The van der Waals surface area contributed by atoms with Gasteiger partial charge in [0.2, 0.25) is 15.9 Å². The second-order valence-corrected chi connectivity index (χ2v) is 7.39. The van der Waals surface area contributed by atoms with Crippen LogP contribution in [0.3, 0.4) is 0 Å². The predicted octanol–water partition coefficient (Wildman–Crippen LogP) is 1.17. The molecule has 114 valence electrons. The number of thioether (sulfide) groups is 1. The van der Waals surface area contributed by atoms with E-state index in [0.29, 0.717) is 23.2 Å². The van der Waals surface area contributed by atoms with E-state index in [1.54, 1.807) is 13.0 Å². The van der Waals surface area contributed by atoms with Crippen molar-refractivity contribution in [3.8, 4) is 0 Å². The molecule has 0 fully saturated rings. The average Bonchev–Trinajstić information content (AvgIpc) is 2.82. The molecule has 0 bridgehead atoms. The highest BCUT2D eigenvalue weighted by Crippen LogP contribution is 2.20. The number of rotatable bonds is 7. The summed E-state index contributed by atoms with van der Waals surface area (Å²) < 4.78 is 30.9. The van der Waals surface area contributed by atoms with Crippen LogP contribution in [-0.2, 0) is 16.6 Å². The van der Waals surface area contributed by atoms with Crippen LogP contribution in [0, 0.1) is 6.92 Å². The number of sulfonamides is 1. The maximum absolute atomic E-state index is 11.8. The fraction of sp³-hybridized carbons (Fsp3) is 0.333. The quantitative estimate of drug-likeness (QED) is 0.579. The average molecular weight is 328 g/mol. The minimum atomic E-state index is -3.37. The molecule has 2 aromatic rings. The molecule has 0 radical (unpaired) electrons. The molecule has 0 saturated carbocycles. The molecule has 1 heterocycles. The van der Waals surface area contributed by atoms with E-state index in [2.05, 4.69) is 14.9 Å². The normalized spacial score (nSPS) is 11.7. The first-order valence-corrected chi connectivity index (χ1v) is 8.83. The standard InChI is InChI=1S/C12H16N4O3S2/c1-9-15-12(16-19-9)8-14-21(17,18)6-5-20-11-4-2-3-10(13)7-11/h2-4,7,14H,5-6,8,13H2,1H3. The summed E-state index contributed by atoms with van der Waals surface area (Å²) in [7, 11) is -3.37. The van der Waals surface area contributed by atoms with E-state index in [0.717, 1.165) is 4.90 Å². The Labute approximate surface area is 127 Å². The van der Waals surface area contributed by atoms with Crippen LogP contribution in [0.15, 0.2) is 33.7 Å². The van der Waals surface area contributed by atoms with Crippen molar-refractivity contribution in [2.24, 2.45) is 0 Å². The molecule has 0 unspecified atom stereocenters. The van der Waals surface area contributed by atoms with Gasteiger partial charge >= 0.3 is 0 Å². The SMILES string of the molecule is Cc1nc(CNS(=O)(=O)CCSc2cccc(N)c2)no1. The van der Waals surface area contributed by atoms with Gasteiger partial charge in [0.05, 0.1) is 12.3 Å². The van der Waals surface area contributed by atoms with Gasteiger partial charge in [-0.25, -0.2) is 13.1 Å². The maximum Gasteiger partial charge on any atom is 0.223 e. The summed E-state index contributed by atoms with van der Waals surface area (Å²) in [5.41, 5.74) is 6.32. The van der Waals surface area contributed by atoms with Gasteiger partial charge in [-0.2, -0.15) is 4.98 Å². The summed E-state index contributed by atoms with van der Waals surface area (Å²) in [5, 5.41) is 3.62. The third-order valence-corrected chi connectivity index (χ3v) is 5.08. The maximum atomic E-state index is 11.8. The highest BCUT2D eigenvalue weighted by molar-refractivity contribution is 8.00. The fourth-order valence-corrected chi connectivity index (χ4v) is 3.87. The van der Waals surface area contributed by atoms with Crippen molar-refractivity contribution in [1.29, 1.82) is 0 Å². The number of nitrogens with one attached hydrogen (secondary N) is 1. The first-order valence-electron chi connectivity index (χ1n) is 6.19. The summed E-state index contributed by atoms with van der Waals surface area (Å²) in [4.78, 5) is 4.87. The number of nitrogens with zero attached hydrogens (tertiary/aromatic N) is 2. The van der Waals surface area contributed by atoms with Gasteiger partial charge in [-0.15, -0.1) is 11.8 Å². The van der Waals surface area contributed by atoms with E-state index in [4.69, 9.17) is 10.3 Å². The molecule has 0 spiro atoms. The first-order chi connectivity index (χ1) is 9.94. The monoisotopic (exact) mass is 328 g/mol. The number of hydrogen-bond donors (Lipinski definition) is 2. The van der Waals surface area contributed by atoms with E-state index in [-0.39, 0.29) is 12.3 Å². The Morgan fingerprint density at radius 3 is 2.90 bits per heavy atom. The summed E-state index contributed by atoms with van der Waals surface area (Å²) in [6, 6.07) is 7.33. The lowest BCUT2D eigenvalue weighted by Crippen LogP contribution is -2.27. The third-order valence-electron chi connectivity index (χ3n) is 2.50. The van der Waals surface area contributed by atoms with Crippen molar-refractivity contribution in [2.45, 2.75) is 18.4 Å². The molecular weight excluding hydrogens is 312 g/mol. The van der Waals surface area contributed by atoms with Crippen LogP contribution in [0.5, 0.6) is 0 Å². The Kier molecular flexibility index (Phi) is 5.21. The summed E-state index contributed by atoms with van der Waals surface area (Å²) in [5.74, 6) is 1.16. The molecule has 9 heteroatoms. The van der Waals surface area contributed by atoms with E-state index in [1.165, 1.54) is 11.8 Å². The number of hydrogen-bond acceptors (Lipinski definition) is 7. The first kappa shape index (κ1) is 15.8. The molecule has 1 aromatic carbocycles. The van der Waals surface area contributed by atoms with Crippen LogP contribution in [-0.4, -0.2) is 30.1 Å². The molecule has 0 aliphatic heterocycles. The van der Waals surface area contributed by atoms with Crippen LogP contribution >= 0.6 is 11.8 Å². The zero-order valence-corrected chi connectivity index (χ0v) is 13.1. The Morgan fingerprint density at radius 1 is 1.43 bits per heavy atom. The number of aromatic nitrogens is 2. The van der Waals surface area contributed by atoms with Crippen molar-refractivity contribution in [3.63, 3.8) is 0 Å². The van der Waals surface area contributed by atoms with Gasteiger partial charge in [0.15, 0.2) is 5.82 Å². The van der Waals surface area contributed by atoms with Gasteiger partial charge in [-0.05, 0) is 18.2 Å². The molecule has 0 aliphatic rings. The second kappa shape index (κ2) is 6.92. The Balaban J connectivity index is 1.78. The number of benzene rings is 1. The summed E-state index contributed by atoms with van der Waals surface area (Å²) in [6.07, 6.45) is 0. The molecule has 2 rings (SSSR count). The second-order valence-electron chi connectivity index (χ2n) is 4.29. The summed E-state index contributed by atoms with van der Waals surface area (Å²) >= 11 is 1.44. The highest BCUT2D eigenvalue weighted by Gasteiger charge is 2.12. The van der Waals surface area contributed by atoms with Gasteiger partial charge in [-0.3, -0.25) is 0 Å². The van der Waals surface area contributed by atoms with Gasteiger partial charge < -0.3 is 10.3 Å². The molecule has 21 heavy (non-hydrogen) atoms. The van der Waals surface area contributed by atoms with Crippen LogP contribution in [0.2, 0.25) is 0 Å². The summed E-state index contributed by atoms with van der Waals surface area (Å²) in [6.45, 7) is 1.68. The van der Waals surface area contributed by atoms with Crippen LogP contribution in [0.4, 0.5) is 5.69 Å². The Morgan fingerprint density at radius 2 is 2.24 bits per heavy atom. The van der Waals surface area contributed by atoms with E-state index in [1.807, 2.05) is 18.2 Å². The Bertz CT molecular complexity index is 700. The zero-order chi connectivity index (χ0) is 15.3. The number of anilines is 1. The smallest absolute Gasteiger partial charge is 0.223 e. The molecule has 0 atom stereocenters. The van der Waals surface area contributed by atoms with Crippen LogP contribution in [0.1, 0.15) is 11.7 Å². The molecule has 1 aromatic heterocycles. The predicted molar refractivity (Wildman–Crippen MR) is 81.2 cm³/mol. The van der Waals surface area contributed by atoms with Crippen LogP contribution in [0.25, 0.3) is 0 Å².